The third kappa shape index (κ3) is 28.5. The fourth-order valence-electron chi connectivity index (χ4n) is 1.07. The minimum absolute atomic E-state index is 0.241. The molecule has 5 N–H and O–H groups in total. The zero-order valence-electron chi connectivity index (χ0n) is 17.7. The second kappa shape index (κ2) is 19.2. The number of hydrogen-bond acceptors (Lipinski definition) is 9. The van der Waals surface area contributed by atoms with Gasteiger partial charge in [0.25, 0.3) is 0 Å². The van der Waals surface area contributed by atoms with E-state index in [-0.39, 0.29) is 50.0 Å². The van der Waals surface area contributed by atoms with Gasteiger partial charge in [0.15, 0.2) is 0 Å². The number of hydrogen-bond donors (Lipinski definition) is 5. The van der Waals surface area contributed by atoms with Gasteiger partial charge in [-0.05, 0) is 13.8 Å². The van der Waals surface area contributed by atoms with Crippen molar-refractivity contribution in [2.24, 2.45) is 0 Å². The topological polar surface area (TPSA) is 222 Å². The van der Waals surface area contributed by atoms with Crippen LogP contribution in [0.1, 0.15) is 39.5 Å². The summed E-state index contributed by atoms with van der Waals surface area (Å²) in [6, 6.07) is 0. The van der Waals surface area contributed by atoms with E-state index in [4.69, 9.17) is 20.4 Å². The van der Waals surface area contributed by atoms with Gasteiger partial charge in [0, 0.05) is 11.1 Å². The molecule has 0 aromatic heterocycles. The number of carbonyl (C=O) groups is 6. The van der Waals surface area contributed by atoms with Crippen molar-refractivity contribution in [2.45, 2.75) is 45.6 Å². The Hall–Kier alpha value is -3.74. The lowest BCUT2D eigenvalue weighted by Gasteiger charge is -2.11. The van der Waals surface area contributed by atoms with Crippen molar-refractivity contribution in [1.29, 1.82) is 0 Å². The Morgan fingerprint density at radius 2 is 0.844 bits per heavy atom. The van der Waals surface area contributed by atoms with Gasteiger partial charge in [-0.25, -0.2) is 9.59 Å². The summed E-state index contributed by atoms with van der Waals surface area (Å²) in [4.78, 5) is 60.4. The highest BCUT2D eigenvalue weighted by Crippen LogP contribution is 1.97. The maximum absolute atomic E-state index is 10.9. The number of carbonyl (C=O) groups excluding carboxylic acids is 2. The smallest absolute Gasteiger partial charge is 0.333 e. The second-order valence-corrected chi connectivity index (χ2v) is 5.99. The van der Waals surface area contributed by atoms with Gasteiger partial charge in [-0.15, -0.1) is 0 Å². The molecule has 0 aromatic carbocycles. The molecule has 0 saturated carbocycles. The van der Waals surface area contributed by atoms with E-state index in [1.807, 2.05) is 0 Å². The molecular formula is C19H28O13. The molecule has 0 aliphatic rings. The lowest BCUT2D eigenvalue weighted by molar-refractivity contribution is -0.147. The van der Waals surface area contributed by atoms with Crippen LogP contribution in [0.4, 0.5) is 0 Å². The van der Waals surface area contributed by atoms with Crippen molar-refractivity contribution in [3.8, 4) is 0 Å². The van der Waals surface area contributed by atoms with Gasteiger partial charge >= 0.3 is 35.8 Å². The summed E-state index contributed by atoms with van der Waals surface area (Å²) >= 11 is 0. The molecule has 0 atom stereocenters. The number of carboxylic acids is 4. The van der Waals surface area contributed by atoms with Crippen LogP contribution in [0.3, 0.4) is 0 Å². The molecule has 0 aliphatic carbocycles. The van der Waals surface area contributed by atoms with Crippen molar-refractivity contribution in [1.82, 2.24) is 0 Å². The van der Waals surface area contributed by atoms with E-state index in [9.17, 15) is 33.9 Å². The monoisotopic (exact) mass is 464 g/mol. The van der Waals surface area contributed by atoms with Crippen LogP contribution in [0.5, 0.6) is 0 Å². The van der Waals surface area contributed by atoms with Gasteiger partial charge in [0.1, 0.15) is 19.3 Å². The van der Waals surface area contributed by atoms with E-state index in [1.54, 1.807) is 0 Å². The fourth-order valence-corrected chi connectivity index (χ4v) is 1.07. The van der Waals surface area contributed by atoms with Crippen LogP contribution in [0.15, 0.2) is 24.3 Å². The first-order valence-corrected chi connectivity index (χ1v) is 8.80. The lowest BCUT2D eigenvalue weighted by Crippen LogP contribution is -2.25. The highest BCUT2D eigenvalue weighted by Gasteiger charge is 2.12. The van der Waals surface area contributed by atoms with Gasteiger partial charge < -0.3 is 35.0 Å². The Bertz CT molecular complexity index is 607. The molecule has 0 aliphatic heterocycles. The molecule has 32 heavy (non-hydrogen) atoms. The molecule has 0 rings (SSSR count). The molecule has 0 unspecified atom stereocenters. The number of aliphatic carboxylic acids is 4. The number of aliphatic hydroxyl groups is 1. The van der Waals surface area contributed by atoms with Gasteiger partial charge in [0.05, 0.1) is 25.7 Å². The molecule has 0 spiro atoms. The van der Waals surface area contributed by atoms with Crippen molar-refractivity contribution in [3.63, 3.8) is 0 Å². The molecular weight excluding hydrogens is 436 g/mol. The normalized spacial score (nSPS) is 9.12. The lowest BCUT2D eigenvalue weighted by atomic mass is 10.3. The van der Waals surface area contributed by atoms with Crippen LogP contribution in [0, 0.1) is 0 Å². The molecule has 0 bridgehead atoms. The Kier molecular flexibility index (Phi) is 19.8. The minimum atomic E-state index is -1.08. The highest BCUT2D eigenvalue weighted by atomic mass is 16.6. The maximum atomic E-state index is 10.9. The number of ether oxygens (including phenoxy) is 2. The largest absolute Gasteiger partial charge is 0.481 e. The van der Waals surface area contributed by atoms with Crippen molar-refractivity contribution in [2.75, 3.05) is 13.2 Å². The summed E-state index contributed by atoms with van der Waals surface area (Å²) in [7, 11) is 0. The Morgan fingerprint density at radius 1 is 0.625 bits per heavy atom. The zero-order valence-corrected chi connectivity index (χ0v) is 17.7. The van der Waals surface area contributed by atoms with Crippen molar-refractivity contribution < 1.29 is 63.8 Å². The zero-order chi connectivity index (χ0) is 25.9. The third-order valence-corrected chi connectivity index (χ3v) is 2.62. The second-order valence-electron chi connectivity index (χ2n) is 5.99. The van der Waals surface area contributed by atoms with Gasteiger partial charge in [0.2, 0.25) is 0 Å². The Balaban J connectivity index is -0.000000441. The van der Waals surface area contributed by atoms with E-state index in [1.165, 1.54) is 13.8 Å². The number of esters is 2. The first-order valence-electron chi connectivity index (χ1n) is 8.80. The number of rotatable bonds is 12. The Morgan fingerprint density at radius 3 is 1.00 bits per heavy atom. The minimum Gasteiger partial charge on any atom is -0.481 e. The van der Waals surface area contributed by atoms with E-state index in [2.05, 4.69) is 22.6 Å². The quantitative estimate of drug-likeness (QED) is 0.196. The van der Waals surface area contributed by atoms with Crippen LogP contribution in [-0.2, 0) is 38.2 Å². The standard InChI is InChI=1S/C11H16O5.2C4H6O4/c1-7(2)10(13)15-5-9(12)6-16-11(14)8(3)4;2*5-3(6)1-2-4(7)8/h9,12H,1,3,5-6H2,2,4H3;2*1-2H2,(H,5,6)(H,7,8). The molecule has 182 valence electrons. The van der Waals surface area contributed by atoms with Crippen LogP contribution >= 0.6 is 0 Å². The summed E-state index contributed by atoms with van der Waals surface area (Å²) in [6.07, 6.45) is -2.23. The molecule has 0 saturated heterocycles. The molecule has 13 nitrogen and oxygen atoms in total. The Labute approximate surface area is 183 Å². The van der Waals surface area contributed by atoms with Gasteiger partial charge in [-0.1, -0.05) is 13.2 Å². The first kappa shape index (κ1) is 32.9. The molecule has 13 heteroatoms. The van der Waals surface area contributed by atoms with Gasteiger partial charge in [-0.3, -0.25) is 19.2 Å². The molecule has 0 amide bonds. The van der Waals surface area contributed by atoms with Crippen LogP contribution in [0.25, 0.3) is 0 Å². The average Bonchev–Trinajstić information content (AvgIpc) is 2.67. The SMILES string of the molecule is C=C(C)C(=O)OCC(O)COC(=O)C(=C)C.O=C(O)CCC(=O)O.O=C(O)CCC(=O)O. The number of carboxylic acid groups (broad SMARTS) is 4. The molecule has 0 aromatic rings. The molecule has 0 heterocycles. The van der Waals surface area contributed by atoms with E-state index in [0.717, 1.165) is 0 Å². The number of aliphatic hydroxyl groups excluding tert-OH is 1. The van der Waals surface area contributed by atoms with Crippen molar-refractivity contribution >= 4 is 35.8 Å². The summed E-state index contributed by atoms with van der Waals surface area (Å²) in [5, 5.41) is 40.9. The molecule has 0 radical (unpaired) electrons. The fraction of sp³-hybridized carbons (Fsp3) is 0.474. The predicted octanol–water partition coefficient (Wildman–Crippen LogP) is 0.458. The van der Waals surface area contributed by atoms with Crippen LogP contribution < -0.4 is 0 Å². The van der Waals surface area contributed by atoms with Crippen molar-refractivity contribution in [3.05, 3.63) is 24.3 Å². The van der Waals surface area contributed by atoms with E-state index in [0.29, 0.717) is 0 Å². The summed E-state index contributed by atoms with van der Waals surface area (Å²) in [5.74, 6) is -5.49. The average molecular weight is 464 g/mol. The summed E-state index contributed by atoms with van der Waals surface area (Å²) < 4.78 is 9.31. The molecule has 0 fully saturated rings. The summed E-state index contributed by atoms with van der Waals surface area (Å²) in [5.41, 5.74) is 0.484. The van der Waals surface area contributed by atoms with Gasteiger partial charge in [-0.2, -0.15) is 0 Å². The predicted molar refractivity (Wildman–Crippen MR) is 107 cm³/mol. The maximum Gasteiger partial charge on any atom is 0.333 e. The summed E-state index contributed by atoms with van der Waals surface area (Å²) in [6.45, 7) is 9.26. The third-order valence-electron chi connectivity index (χ3n) is 2.62. The van der Waals surface area contributed by atoms with Crippen LogP contribution in [0.2, 0.25) is 0 Å². The highest BCUT2D eigenvalue weighted by molar-refractivity contribution is 5.87. The van der Waals surface area contributed by atoms with E-state index < -0.39 is 41.9 Å². The first-order chi connectivity index (χ1) is 14.6. The van der Waals surface area contributed by atoms with E-state index >= 15 is 0 Å². The van der Waals surface area contributed by atoms with Crippen LogP contribution in [-0.4, -0.2) is 80.7 Å².